The van der Waals surface area contributed by atoms with Crippen molar-refractivity contribution in [2.45, 2.75) is 13.8 Å². The quantitative estimate of drug-likeness (QED) is 0.682. The normalized spacial score (nSPS) is 14.0. The standard InChI is InChI=1S/C17H22P2/c1-3-18(16-11-7-5-8-12-16)15-19(4-2)17-13-9-6-10-14-17/h5-14H,3-4,15H2,1-2H3. The smallest absolute Gasteiger partial charge is 0.00401 e. The van der Waals surface area contributed by atoms with Crippen LogP contribution in [0.3, 0.4) is 0 Å². The molecular formula is C17H22P2. The van der Waals surface area contributed by atoms with Gasteiger partial charge in [0.2, 0.25) is 0 Å². The summed E-state index contributed by atoms with van der Waals surface area (Å²) in [5.41, 5.74) is 0. The lowest BCUT2D eigenvalue weighted by Crippen LogP contribution is -2.09. The minimum atomic E-state index is 0.00644. The first-order chi connectivity index (χ1) is 9.35. The molecule has 0 amide bonds. The highest BCUT2D eigenvalue weighted by Crippen LogP contribution is 2.49. The van der Waals surface area contributed by atoms with Crippen LogP contribution >= 0.6 is 15.8 Å². The number of hydrogen-bond donors (Lipinski definition) is 0. The molecule has 0 aliphatic heterocycles. The van der Waals surface area contributed by atoms with Gasteiger partial charge in [0.25, 0.3) is 0 Å². The van der Waals surface area contributed by atoms with Gasteiger partial charge < -0.3 is 0 Å². The molecule has 0 aliphatic carbocycles. The molecule has 2 atom stereocenters. The second-order valence-electron chi connectivity index (χ2n) is 4.52. The van der Waals surface area contributed by atoms with E-state index in [1.165, 1.54) is 18.2 Å². The van der Waals surface area contributed by atoms with E-state index < -0.39 is 0 Å². The summed E-state index contributed by atoms with van der Waals surface area (Å²) >= 11 is 0. The van der Waals surface area contributed by atoms with Crippen molar-refractivity contribution in [2.75, 3.05) is 18.2 Å². The Morgan fingerprint density at radius 1 is 0.632 bits per heavy atom. The molecule has 0 radical (unpaired) electrons. The predicted molar refractivity (Wildman–Crippen MR) is 91.9 cm³/mol. The Morgan fingerprint density at radius 2 is 1.00 bits per heavy atom. The monoisotopic (exact) mass is 288 g/mol. The molecular weight excluding hydrogens is 266 g/mol. The zero-order valence-corrected chi connectivity index (χ0v) is 13.6. The van der Waals surface area contributed by atoms with Crippen molar-refractivity contribution in [1.29, 1.82) is 0 Å². The molecule has 0 bridgehead atoms. The van der Waals surface area contributed by atoms with Crippen LogP contribution in [0.15, 0.2) is 60.7 Å². The van der Waals surface area contributed by atoms with Crippen LogP contribution in [0.4, 0.5) is 0 Å². The summed E-state index contributed by atoms with van der Waals surface area (Å²) in [4.78, 5) is 0. The summed E-state index contributed by atoms with van der Waals surface area (Å²) in [5, 5.41) is 3.13. The van der Waals surface area contributed by atoms with E-state index in [1.54, 1.807) is 10.6 Å². The van der Waals surface area contributed by atoms with E-state index in [0.29, 0.717) is 0 Å². The molecule has 100 valence electrons. The van der Waals surface area contributed by atoms with E-state index in [9.17, 15) is 0 Å². The average Bonchev–Trinajstić information content (AvgIpc) is 2.50. The van der Waals surface area contributed by atoms with E-state index in [1.807, 2.05) is 0 Å². The Bertz CT molecular complexity index is 422. The highest BCUT2D eigenvalue weighted by Gasteiger charge is 2.15. The van der Waals surface area contributed by atoms with Gasteiger partial charge >= 0.3 is 0 Å². The van der Waals surface area contributed by atoms with Gasteiger partial charge in [0.05, 0.1) is 0 Å². The maximum atomic E-state index is 2.34. The molecule has 2 unspecified atom stereocenters. The fraction of sp³-hybridized carbons (Fsp3) is 0.294. The van der Waals surface area contributed by atoms with Gasteiger partial charge in [-0.25, -0.2) is 0 Å². The third kappa shape index (κ3) is 4.13. The largest absolute Gasteiger partial charge is 0.0709 e. The van der Waals surface area contributed by atoms with E-state index in [-0.39, 0.29) is 15.8 Å². The third-order valence-corrected chi connectivity index (χ3v) is 9.66. The van der Waals surface area contributed by atoms with Crippen molar-refractivity contribution in [2.24, 2.45) is 0 Å². The molecule has 0 N–H and O–H groups in total. The number of hydrogen-bond acceptors (Lipinski definition) is 0. The molecule has 0 nitrogen and oxygen atoms in total. The van der Waals surface area contributed by atoms with Gasteiger partial charge in [-0.3, -0.25) is 0 Å². The summed E-state index contributed by atoms with van der Waals surface area (Å²) in [6, 6.07) is 22.2. The zero-order chi connectivity index (χ0) is 13.5. The SMILES string of the molecule is CCP(CP(CC)c1ccccc1)c1ccccc1. The van der Waals surface area contributed by atoms with Crippen LogP contribution in [0.1, 0.15) is 13.8 Å². The maximum Gasteiger partial charge on any atom is -0.00401 e. The van der Waals surface area contributed by atoms with Crippen molar-refractivity contribution >= 4 is 26.5 Å². The second kappa shape index (κ2) is 7.78. The molecule has 0 aromatic heterocycles. The van der Waals surface area contributed by atoms with Crippen molar-refractivity contribution in [3.8, 4) is 0 Å². The third-order valence-electron chi connectivity index (χ3n) is 3.35. The Labute approximate surface area is 119 Å². The average molecular weight is 288 g/mol. The van der Waals surface area contributed by atoms with Crippen LogP contribution in [0.2, 0.25) is 0 Å². The zero-order valence-electron chi connectivity index (χ0n) is 11.8. The Hall–Kier alpha value is -0.700. The molecule has 0 saturated heterocycles. The molecule has 0 saturated carbocycles. The fourth-order valence-electron chi connectivity index (χ4n) is 2.21. The van der Waals surface area contributed by atoms with E-state index in [2.05, 4.69) is 74.5 Å². The molecule has 0 spiro atoms. The summed E-state index contributed by atoms with van der Waals surface area (Å²) in [6.07, 6.45) is 2.59. The second-order valence-corrected chi connectivity index (χ2v) is 10.1. The molecule has 2 aromatic carbocycles. The molecule has 0 heterocycles. The van der Waals surface area contributed by atoms with Crippen LogP contribution in [-0.4, -0.2) is 18.2 Å². The molecule has 2 heteroatoms. The minimum Gasteiger partial charge on any atom is -0.0709 e. The van der Waals surface area contributed by atoms with Crippen LogP contribution in [0, 0.1) is 0 Å². The van der Waals surface area contributed by atoms with Crippen molar-refractivity contribution in [3.63, 3.8) is 0 Å². The molecule has 0 aliphatic rings. The Kier molecular flexibility index (Phi) is 6.02. The molecule has 2 rings (SSSR count). The lowest BCUT2D eigenvalue weighted by atomic mass is 10.4. The predicted octanol–water partition coefficient (Wildman–Crippen LogP) is 4.60. The van der Waals surface area contributed by atoms with Crippen molar-refractivity contribution in [3.05, 3.63) is 60.7 Å². The van der Waals surface area contributed by atoms with Gasteiger partial charge in [0, 0.05) is 0 Å². The van der Waals surface area contributed by atoms with Crippen molar-refractivity contribution in [1.82, 2.24) is 0 Å². The van der Waals surface area contributed by atoms with Crippen molar-refractivity contribution < 1.29 is 0 Å². The highest BCUT2D eigenvalue weighted by molar-refractivity contribution is 7.81. The Morgan fingerprint density at radius 3 is 1.32 bits per heavy atom. The van der Waals surface area contributed by atoms with E-state index >= 15 is 0 Å². The van der Waals surface area contributed by atoms with Gasteiger partial charge in [0.15, 0.2) is 0 Å². The molecule has 0 fully saturated rings. The van der Waals surface area contributed by atoms with E-state index in [4.69, 9.17) is 0 Å². The lowest BCUT2D eigenvalue weighted by molar-refractivity contribution is 1.47. The first kappa shape index (κ1) is 14.7. The van der Waals surface area contributed by atoms with Gasteiger partial charge in [0.1, 0.15) is 0 Å². The Balaban J connectivity index is 2.13. The minimum absolute atomic E-state index is 0.00644. The van der Waals surface area contributed by atoms with Crippen LogP contribution in [0.5, 0.6) is 0 Å². The van der Waals surface area contributed by atoms with Gasteiger partial charge in [-0.15, -0.1) is 0 Å². The lowest BCUT2D eigenvalue weighted by Gasteiger charge is -2.23. The first-order valence-electron chi connectivity index (χ1n) is 6.95. The summed E-state index contributed by atoms with van der Waals surface area (Å²) in [7, 11) is 0.0129. The van der Waals surface area contributed by atoms with Gasteiger partial charge in [-0.05, 0) is 28.8 Å². The topological polar surface area (TPSA) is 0 Å². The van der Waals surface area contributed by atoms with Gasteiger partial charge in [-0.1, -0.05) is 90.4 Å². The highest BCUT2D eigenvalue weighted by atomic mass is 31.2. The summed E-state index contributed by atoms with van der Waals surface area (Å²) in [6.45, 7) is 4.68. The van der Waals surface area contributed by atoms with Crippen LogP contribution < -0.4 is 10.6 Å². The number of rotatable bonds is 6. The molecule has 2 aromatic rings. The first-order valence-corrected chi connectivity index (χ1v) is 10.4. The van der Waals surface area contributed by atoms with E-state index in [0.717, 1.165) is 0 Å². The van der Waals surface area contributed by atoms with Gasteiger partial charge in [-0.2, -0.15) is 0 Å². The molecule has 19 heavy (non-hydrogen) atoms. The summed E-state index contributed by atoms with van der Waals surface area (Å²) in [5.74, 6) is 1.38. The van der Waals surface area contributed by atoms with Crippen LogP contribution in [-0.2, 0) is 0 Å². The summed E-state index contributed by atoms with van der Waals surface area (Å²) < 4.78 is 0. The maximum absolute atomic E-state index is 2.34. The van der Waals surface area contributed by atoms with Crippen LogP contribution in [0.25, 0.3) is 0 Å². The number of benzene rings is 2. The fourth-order valence-corrected chi connectivity index (χ4v) is 8.68.